The molecule has 2 aromatic carbocycles. The van der Waals surface area contributed by atoms with E-state index in [0.29, 0.717) is 55.4 Å². The largest absolute Gasteiger partial charge is 0.363 e. The monoisotopic (exact) mass is 451 g/mol. The third kappa shape index (κ3) is 4.44. The lowest BCUT2D eigenvalue weighted by atomic mass is 10.1. The van der Waals surface area contributed by atoms with Gasteiger partial charge in [0.05, 0.1) is 24.0 Å². The molecule has 8 nitrogen and oxygen atoms in total. The summed E-state index contributed by atoms with van der Waals surface area (Å²) < 4.78 is 1.96. The van der Waals surface area contributed by atoms with Gasteiger partial charge in [-0.05, 0) is 18.2 Å². The second kappa shape index (κ2) is 9.39. The predicted molar refractivity (Wildman–Crippen MR) is 123 cm³/mol. The van der Waals surface area contributed by atoms with Crippen LogP contribution in [0.15, 0.2) is 48.7 Å². The molecule has 0 spiro atoms. The third-order valence-corrected chi connectivity index (χ3v) is 6.00. The van der Waals surface area contributed by atoms with E-state index in [1.54, 1.807) is 12.1 Å². The molecule has 0 saturated carbocycles. The van der Waals surface area contributed by atoms with Crippen LogP contribution in [0.2, 0.25) is 5.02 Å². The van der Waals surface area contributed by atoms with E-state index in [2.05, 4.69) is 11.0 Å². The Kier molecular flexibility index (Phi) is 6.40. The average Bonchev–Trinajstić information content (AvgIpc) is 3.17. The molecule has 0 atom stereocenters. The van der Waals surface area contributed by atoms with Crippen LogP contribution in [-0.2, 0) is 6.54 Å². The van der Waals surface area contributed by atoms with Crippen molar-refractivity contribution >= 4 is 39.7 Å². The lowest BCUT2D eigenvalue weighted by Crippen LogP contribution is -2.48. The highest BCUT2D eigenvalue weighted by atomic mass is 35.5. The Bertz CT molecular complexity index is 1210. The number of halogens is 1. The fraction of sp³-hybridized carbons (Fsp3) is 0.304. The number of para-hydroxylation sites is 1. The van der Waals surface area contributed by atoms with Crippen molar-refractivity contribution < 1.29 is 9.72 Å². The van der Waals surface area contributed by atoms with E-state index < -0.39 is 4.92 Å². The quantitative estimate of drug-likeness (QED) is 0.304. The van der Waals surface area contributed by atoms with Crippen molar-refractivity contribution in [1.29, 1.82) is 5.26 Å². The molecule has 0 bridgehead atoms. The lowest BCUT2D eigenvalue weighted by Gasteiger charge is -2.35. The number of hydrogen-bond donors (Lipinski definition) is 0. The van der Waals surface area contributed by atoms with Crippen molar-refractivity contribution in [2.45, 2.75) is 13.0 Å². The molecule has 2 heterocycles. The molecule has 0 unspecified atom stereocenters. The fourth-order valence-electron chi connectivity index (χ4n) is 4.17. The number of nitro groups is 1. The number of fused-ring (bicyclic) bond motifs is 1. The van der Waals surface area contributed by atoms with Gasteiger partial charge in [0.2, 0.25) is 0 Å². The first-order valence-electron chi connectivity index (χ1n) is 10.4. The maximum atomic E-state index is 13.1. The van der Waals surface area contributed by atoms with Crippen molar-refractivity contribution in [3.63, 3.8) is 0 Å². The molecule has 32 heavy (non-hydrogen) atoms. The van der Waals surface area contributed by atoms with Gasteiger partial charge in [0.15, 0.2) is 5.78 Å². The number of hydrogen-bond acceptors (Lipinski definition) is 6. The highest BCUT2D eigenvalue weighted by molar-refractivity contribution is 6.30. The summed E-state index contributed by atoms with van der Waals surface area (Å²) in [4.78, 5) is 28.1. The number of piperazine rings is 1. The van der Waals surface area contributed by atoms with Crippen LogP contribution in [0.4, 0.5) is 11.4 Å². The predicted octanol–water partition coefficient (Wildman–Crippen LogP) is 4.12. The Hall–Kier alpha value is -3.41. The topological polar surface area (TPSA) is 95.4 Å². The minimum absolute atomic E-state index is 0.00722. The Labute approximate surface area is 190 Å². The number of nitrogens with zero attached hydrogens (tertiary/aromatic N) is 5. The van der Waals surface area contributed by atoms with Crippen molar-refractivity contribution in [1.82, 2.24) is 9.47 Å². The van der Waals surface area contributed by atoms with E-state index in [1.165, 1.54) is 6.07 Å². The molecule has 3 aromatic rings. The summed E-state index contributed by atoms with van der Waals surface area (Å²) in [7, 11) is 0. The van der Waals surface area contributed by atoms with E-state index in [0.717, 1.165) is 10.9 Å². The van der Waals surface area contributed by atoms with Crippen LogP contribution in [0.1, 0.15) is 16.8 Å². The summed E-state index contributed by atoms with van der Waals surface area (Å²) in [5, 5.41) is 21.5. The standard InChI is InChI=1S/C23H22ClN5O3/c24-17-6-7-21(22(14-17)29(31)32)27-12-10-26(11-13-27)16-23(30)19-15-28(9-3-8-25)20-5-2-1-4-18(19)20/h1-2,4-7,14-15H,3,9-13,16H2. The number of nitro benzene ring substituents is 1. The van der Waals surface area contributed by atoms with E-state index in [-0.39, 0.29) is 18.0 Å². The molecular formula is C23H22ClN5O3. The summed E-state index contributed by atoms with van der Waals surface area (Å²) in [6, 6.07) is 14.6. The number of ketones is 1. The molecule has 164 valence electrons. The van der Waals surface area contributed by atoms with Crippen LogP contribution < -0.4 is 4.90 Å². The molecule has 4 rings (SSSR count). The zero-order valence-corrected chi connectivity index (χ0v) is 18.2. The molecule has 9 heteroatoms. The summed E-state index contributed by atoms with van der Waals surface area (Å²) >= 11 is 5.92. The molecule has 1 aliphatic heterocycles. The first-order chi connectivity index (χ1) is 15.5. The fourth-order valence-corrected chi connectivity index (χ4v) is 4.34. The summed E-state index contributed by atoms with van der Waals surface area (Å²) in [5.41, 5.74) is 2.15. The minimum Gasteiger partial charge on any atom is -0.363 e. The van der Waals surface area contributed by atoms with Crippen LogP contribution in [0.5, 0.6) is 0 Å². The molecular weight excluding hydrogens is 430 g/mol. The number of nitriles is 1. The molecule has 0 N–H and O–H groups in total. The number of benzene rings is 2. The van der Waals surface area contributed by atoms with Gasteiger partial charge in [0, 0.05) is 66.5 Å². The zero-order chi connectivity index (χ0) is 22.7. The first kappa shape index (κ1) is 21.8. The highest BCUT2D eigenvalue weighted by Gasteiger charge is 2.26. The Morgan fingerprint density at radius 2 is 1.91 bits per heavy atom. The van der Waals surface area contributed by atoms with Crippen LogP contribution in [0.25, 0.3) is 10.9 Å². The van der Waals surface area contributed by atoms with E-state index >= 15 is 0 Å². The molecule has 1 saturated heterocycles. The summed E-state index contributed by atoms with van der Waals surface area (Å²) in [6.45, 7) is 3.24. The SMILES string of the molecule is N#CCCn1cc(C(=O)CN2CCN(c3ccc(Cl)cc3[N+](=O)[O-])CC2)c2ccccc21. The van der Waals surface area contributed by atoms with Crippen LogP contribution in [0.3, 0.4) is 0 Å². The second-order valence-electron chi connectivity index (χ2n) is 7.74. The normalized spacial score (nSPS) is 14.4. The molecule has 0 radical (unpaired) electrons. The molecule has 1 aliphatic rings. The van der Waals surface area contributed by atoms with Gasteiger partial charge in [-0.3, -0.25) is 19.8 Å². The summed E-state index contributed by atoms with van der Waals surface area (Å²) in [5.74, 6) is 0.0304. The number of carbonyl (C=O) groups excluding carboxylic acids is 1. The maximum absolute atomic E-state index is 13.1. The van der Waals surface area contributed by atoms with E-state index in [1.807, 2.05) is 39.9 Å². The van der Waals surface area contributed by atoms with E-state index in [9.17, 15) is 14.9 Å². The number of Topliss-reactive ketones (excluding diaryl/α,β-unsaturated/α-hetero) is 1. The van der Waals surface area contributed by atoms with Gasteiger partial charge in [-0.2, -0.15) is 5.26 Å². The van der Waals surface area contributed by atoms with Gasteiger partial charge < -0.3 is 9.47 Å². The maximum Gasteiger partial charge on any atom is 0.294 e. The first-order valence-corrected chi connectivity index (χ1v) is 10.7. The number of aryl methyl sites for hydroxylation is 1. The average molecular weight is 452 g/mol. The van der Waals surface area contributed by atoms with Crippen molar-refractivity contribution in [3.05, 3.63) is 69.4 Å². The second-order valence-corrected chi connectivity index (χ2v) is 8.17. The van der Waals surface area contributed by atoms with Crippen molar-refractivity contribution in [2.24, 2.45) is 0 Å². The third-order valence-electron chi connectivity index (χ3n) is 5.77. The summed E-state index contributed by atoms with van der Waals surface area (Å²) in [6.07, 6.45) is 2.22. The number of rotatable bonds is 7. The van der Waals surface area contributed by atoms with Crippen molar-refractivity contribution in [2.75, 3.05) is 37.6 Å². The Morgan fingerprint density at radius 1 is 1.16 bits per heavy atom. The Morgan fingerprint density at radius 3 is 2.62 bits per heavy atom. The van der Waals surface area contributed by atoms with Gasteiger partial charge in [-0.1, -0.05) is 29.8 Å². The Balaban J connectivity index is 1.45. The highest BCUT2D eigenvalue weighted by Crippen LogP contribution is 2.31. The number of anilines is 1. The van der Waals surface area contributed by atoms with Crippen LogP contribution in [0, 0.1) is 21.4 Å². The lowest BCUT2D eigenvalue weighted by molar-refractivity contribution is -0.384. The van der Waals surface area contributed by atoms with Crippen LogP contribution in [-0.4, -0.2) is 52.9 Å². The van der Waals surface area contributed by atoms with Gasteiger partial charge in [0.1, 0.15) is 5.69 Å². The molecule has 0 amide bonds. The number of aromatic nitrogens is 1. The minimum atomic E-state index is -0.417. The zero-order valence-electron chi connectivity index (χ0n) is 17.4. The molecule has 0 aliphatic carbocycles. The van der Waals surface area contributed by atoms with Gasteiger partial charge in [-0.25, -0.2) is 0 Å². The van der Waals surface area contributed by atoms with Gasteiger partial charge in [-0.15, -0.1) is 0 Å². The van der Waals surface area contributed by atoms with Crippen LogP contribution >= 0.6 is 11.6 Å². The smallest absolute Gasteiger partial charge is 0.294 e. The number of carbonyl (C=O) groups is 1. The molecule has 1 aromatic heterocycles. The van der Waals surface area contributed by atoms with Gasteiger partial charge in [0.25, 0.3) is 5.69 Å². The molecule has 1 fully saturated rings. The van der Waals surface area contributed by atoms with Gasteiger partial charge >= 0.3 is 0 Å². The van der Waals surface area contributed by atoms with Crippen molar-refractivity contribution in [3.8, 4) is 6.07 Å². The van der Waals surface area contributed by atoms with E-state index in [4.69, 9.17) is 16.9 Å².